The fraction of sp³-hybridized carbons (Fsp3) is 0.259. The summed E-state index contributed by atoms with van der Waals surface area (Å²) in [6.45, 7) is 2.88. The van der Waals surface area contributed by atoms with Crippen LogP contribution >= 0.6 is 0 Å². The van der Waals surface area contributed by atoms with Crippen LogP contribution in [-0.2, 0) is 14.4 Å². The van der Waals surface area contributed by atoms with Gasteiger partial charge < -0.3 is 9.84 Å². The molecule has 0 aliphatic carbocycles. The number of ether oxygens (including phenoxy) is 1. The minimum absolute atomic E-state index is 0.137. The van der Waals surface area contributed by atoms with E-state index < -0.39 is 41.2 Å². The van der Waals surface area contributed by atoms with E-state index in [4.69, 9.17) is 4.74 Å². The molecule has 0 saturated carbocycles. The maximum Gasteiger partial charge on any atom is 0.324 e. The van der Waals surface area contributed by atoms with E-state index in [9.17, 15) is 24.3 Å². The molecular formula is C27H24N2O6. The van der Waals surface area contributed by atoms with Crippen molar-refractivity contribution in [3.05, 3.63) is 71.8 Å². The van der Waals surface area contributed by atoms with Gasteiger partial charge in [-0.3, -0.25) is 24.5 Å². The topological polar surface area (TPSA) is 113 Å². The maximum absolute atomic E-state index is 13.8. The normalized spacial score (nSPS) is 25.7. The number of carboxylic acid groups (broad SMARTS) is 1. The second-order valence-electron chi connectivity index (χ2n) is 9.15. The number of hydrogen-bond donors (Lipinski definition) is 2. The van der Waals surface area contributed by atoms with Gasteiger partial charge in [0.1, 0.15) is 11.3 Å². The summed E-state index contributed by atoms with van der Waals surface area (Å²) in [6, 6.07) is 16.6. The first-order chi connectivity index (χ1) is 16.7. The summed E-state index contributed by atoms with van der Waals surface area (Å²) in [5.74, 6) is -3.77. The van der Waals surface area contributed by atoms with Crippen molar-refractivity contribution in [3.63, 3.8) is 0 Å². The molecule has 2 amide bonds. The van der Waals surface area contributed by atoms with Crippen LogP contribution in [0.5, 0.6) is 5.75 Å². The molecule has 0 radical (unpaired) electrons. The number of Topliss-reactive ketones (excluding diaryl/α,β-unsaturated/α-hetero) is 1. The zero-order valence-electron chi connectivity index (χ0n) is 19.4. The van der Waals surface area contributed by atoms with Gasteiger partial charge in [0.15, 0.2) is 5.78 Å². The number of anilines is 1. The number of nitrogens with one attached hydrogen (secondary N) is 1. The lowest BCUT2D eigenvalue weighted by molar-refractivity contribution is -0.147. The summed E-state index contributed by atoms with van der Waals surface area (Å²) in [5.41, 5.74) is -0.175. The molecule has 4 unspecified atom stereocenters. The molecule has 5 rings (SSSR count). The molecule has 2 aliphatic heterocycles. The molecule has 2 heterocycles. The van der Waals surface area contributed by atoms with Crippen LogP contribution in [0.4, 0.5) is 5.69 Å². The molecule has 8 nitrogen and oxygen atoms in total. The molecule has 3 aromatic carbocycles. The van der Waals surface area contributed by atoms with Crippen LogP contribution in [-0.4, -0.2) is 41.3 Å². The van der Waals surface area contributed by atoms with Gasteiger partial charge in [0, 0.05) is 17.0 Å². The third-order valence-corrected chi connectivity index (χ3v) is 7.24. The van der Waals surface area contributed by atoms with Crippen molar-refractivity contribution in [1.29, 1.82) is 0 Å². The van der Waals surface area contributed by atoms with E-state index in [0.717, 1.165) is 21.2 Å². The molecule has 8 heteroatoms. The second kappa shape index (κ2) is 8.02. The van der Waals surface area contributed by atoms with Crippen molar-refractivity contribution in [2.75, 3.05) is 12.0 Å². The predicted molar refractivity (Wildman–Crippen MR) is 128 cm³/mol. The molecular weight excluding hydrogens is 448 g/mol. The van der Waals surface area contributed by atoms with Gasteiger partial charge in [0.25, 0.3) is 0 Å². The van der Waals surface area contributed by atoms with E-state index >= 15 is 0 Å². The van der Waals surface area contributed by atoms with Gasteiger partial charge in [-0.1, -0.05) is 30.3 Å². The van der Waals surface area contributed by atoms with Crippen LogP contribution in [0.15, 0.2) is 60.7 Å². The Morgan fingerprint density at radius 1 is 0.971 bits per heavy atom. The molecule has 4 atom stereocenters. The van der Waals surface area contributed by atoms with Crippen LogP contribution in [0, 0.1) is 11.8 Å². The van der Waals surface area contributed by atoms with Crippen LogP contribution < -0.4 is 15.0 Å². The highest BCUT2D eigenvalue weighted by Gasteiger charge is 2.67. The van der Waals surface area contributed by atoms with Crippen LogP contribution in [0.1, 0.15) is 35.8 Å². The molecule has 3 aromatic rings. The first-order valence-electron chi connectivity index (χ1n) is 11.2. The van der Waals surface area contributed by atoms with Crippen LogP contribution in [0.3, 0.4) is 0 Å². The summed E-state index contributed by atoms with van der Waals surface area (Å²) in [6.07, 6.45) is 0. The van der Waals surface area contributed by atoms with Gasteiger partial charge in [-0.05, 0) is 55.1 Å². The van der Waals surface area contributed by atoms with Crippen molar-refractivity contribution in [2.45, 2.75) is 25.4 Å². The smallest absolute Gasteiger partial charge is 0.324 e. The van der Waals surface area contributed by atoms with Gasteiger partial charge in [-0.15, -0.1) is 0 Å². The number of amides is 2. The number of carbonyl (C=O) groups is 4. The van der Waals surface area contributed by atoms with E-state index in [1.807, 2.05) is 30.3 Å². The predicted octanol–water partition coefficient (Wildman–Crippen LogP) is 3.34. The lowest BCUT2D eigenvalue weighted by Crippen LogP contribution is -2.53. The average Bonchev–Trinajstić information content (AvgIpc) is 3.31. The Balaban J connectivity index is 1.65. The summed E-state index contributed by atoms with van der Waals surface area (Å²) in [4.78, 5) is 52.5. The molecule has 0 aromatic heterocycles. The number of rotatable bonds is 5. The van der Waals surface area contributed by atoms with Gasteiger partial charge in [-0.25, -0.2) is 4.90 Å². The molecule has 35 heavy (non-hydrogen) atoms. The number of carbonyl (C=O) groups excluding carboxylic acids is 3. The van der Waals surface area contributed by atoms with Gasteiger partial charge in [0.05, 0.1) is 24.6 Å². The van der Waals surface area contributed by atoms with Gasteiger partial charge >= 0.3 is 5.97 Å². The Bertz CT molecular complexity index is 1400. The van der Waals surface area contributed by atoms with E-state index in [2.05, 4.69) is 5.32 Å². The quantitative estimate of drug-likeness (QED) is 0.433. The Morgan fingerprint density at radius 3 is 2.23 bits per heavy atom. The largest absolute Gasteiger partial charge is 0.496 e. The van der Waals surface area contributed by atoms with Crippen molar-refractivity contribution in [2.24, 2.45) is 11.8 Å². The number of carboxylic acids is 1. The maximum atomic E-state index is 13.8. The fourth-order valence-electron chi connectivity index (χ4n) is 5.45. The molecule has 178 valence electrons. The van der Waals surface area contributed by atoms with E-state index in [1.54, 1.807) is 25.3 Å². The van der Waals surface area contributed by atoms with Gasteiger partial charge in [-0.2, -0.15) is 0 Å². The number of imide groups is 1. The van der Waals surface area contributed by atoms with Crippen LogP contribution in [0.25, 0.3) is 10.8 Å². The Hall–Kier alpha value is -4.04. The molecule has 2 saturated heterocycles. The highest BCUT2D eigenvalue weighted by Crippen LogP contribution is 2.51. The summed E-state index contributed by atoms with van der Waals surface area (Å²) in [5, 5.41) is 14.9. The standard InChI is InChI=1S/C27H24N2O6/c1-14(30)15-8-10-16(11-9-15)29-24(31)21-22(25(29)32)27(2,26(33)34)28-23(21)19-12-13-20(35-3)18-7-5-4-6-17(18)19/h4-13,21-23,28H,1-3H3,(H,33,34). The first kappa shape index (κ1) is 22.7. The Labute approximate surface area is 201 Å². The minimum Gasteiger partial charge on any atom is -0.496 e. The minimum atomic E-state index is -1.66. The molecule has 2 aliphatic rings. The van der Waals surface area contributed by atoms with Crippen molar-refractivity contribution >= 4 is 40.0 Å². The molecule has 0 bridgehead atoms. The van der Waals surface area contributed by atoms with Crippen molar-refractivity contribution < 1.29 is 29.0 Å². The summed E-state index contributed by atoms with van der Waals surface area (Å²) < 4.78 is 5.48. The molecule has 2 fully saturated rings. The fourth-order valence-corrected chi connectivity index (χ4v) is 5.45. The van der Waals surface area contributed by atoms with Gasteiger partial charge in [0.2, 0.25) is 11.8 Å². The van der Waals surface area contributed by atoms with Crippen LogP contribution in [0.2, 0.25) is 0 Å². The lowest BCUT2D eigenvalue weighted by atomic mass is 9.80. The third-order valence-electron chi connectivity index (χ3n) is 7.24. The Kier molecular flexibility index (Phi) is 5.21. The average molecular weight is 472 g/mol. The van der Waals surface area contributed by atoms with E-state index in [-0.39, 0.29) is 5.78 Å². The van der Waals surface area contributed by atoms with E-state index in [1.165, 1.54) is 26.0 Å². The second-order valence-corrected chi connectivity index (χ2v) is 9.15. The van der Waals surface area contributed by atoms with Crippen molar-refractivity contribution in [1.82, 2.24) is 5.32 Å². The summed E-state index contributed by atoms with van der Waals surface area (Å²) >= 11 is 0. The number of ketones is 1. The first-order valence-corrected chi connectivity index (χ1v) is 11.2. The monoisotopic (exact) mass is 472 g/mol. The number of hydrogen-bond acceptors (Lipinski definition) is 6. The number of fused-ring (bicyclic) bond motifs is 2. The highest BCUT2D eigenvalue weighted by atomic mass is 16.5. The third kappa shape index (κ3) is 3.24. The number of benzene rings is 3. The molecule has 2 N–H and O–H groups in total. The number of aliphatic carboxylic acids is 1. The SMILES string of the molecule is COc1ccc(C2NC(C)(C(=O)O)C3C(=O)N(c4ccc(C(C)=O)cc4)C(=O)C23)c2ccccc12. The Morgan fingerprint density at radius 2 is 1.63 bits per heavy atom. The van der Waals surface area contributed by atoms with Crippen molar-refractivity contribution in [3.8, 4) is 5.75 Å². The zero-order chi connectivity index (χ0) is 25.1. The summed E-state index contributed by atoms with van der Waals surface area (Å²) in [7, 11) is 1.57. The number of nitrogens with zero attached hydrogens (tertiary/aromatic N) is 1. The highest BCUT2D eigenvalue weighted by molar-refractivity contribution is 6.24. The lowest BCUT2D eigenvalue weighted by Gasteiger charge is -2.27. The molecule has 0 spiro atoms. The van der Waals surface area contributed by atoms with E-state index in [0.29, 0.717) is 17.0 Å². The zero-order valence-corrected chi connectivity index (χ0v) is 19.4. The number of methoxy groups -OCH3 is 1.